The number of thioether (sulfide) groups is 1. The Morgan fingerprint density at radius 1 is 1.88 bits per heavy atom. The molecule has 0 fully saturated rings. The maximum atomic E-state index is 3.85. The summed E-state index contributed by atoms with van der Waals surface area (Å²) in [5.41, 5.74) is 1.09. The average Bonchev–Trinajstić information content (AvgIpc) is 2.19. The second-order valence-corrected chi connectivity index (χ2v) is 2.81. The van der Waals surface area contributed by atoms with Gasteiger partial charge in [0, 0.05) is 11.1 Å². The lowest BCUT2D eigenvalue weighted by Crippen LogP contribution is -1.76. The van der Waals surface area contributed by atoms with E-state index in [9.17, 15) is 0 Å². The first-order valence-electron chi connectivity index (χ1n) is 2.18. The molecule has 0 unspecified atom stereocenters. The molecule has 4 heteroatoms. The van der Waals surface area contributed by atoms with Crippen LogP contribution >= 0.6 is 23.3 Å². The van der Waals surface area contributed by atoms with Crippen LogP contribution < -0.4 is 0 Å². The van der Waals surface area contributed by atoms with Crippen LogP contribution in [0.4, 0.5) is 0 Å². The van der Waals surface area contributed by atoms with E-state index in [0.717, 1.165) is 11.4 Å². The summed E-state index contributed by atoms with van der Waals surface area (Å²) < 4.78 is 3.72. The summed E-state index contributed by atoms with van der Waals surface area (Å²) in [6.45, 7) is 0. The molecule has 0 bridgehead atoms. The van der Waals surface area contributed by atoms with Crippen molar-refractivity contribution in [3.05, 3.63) is 11.1 Å². The van der Waals surface area contributed by atoms with Crippen molar-refractivity contribution in [3.63, 3.8) is 0 Å². The molecule has 0 aliphatic heterocycles. The van der Waals surface area contributed by atoms with Gasteiger partial charge in [-0.1, -0.05) is 4.49 Å². The molecule has 0 aromatic carbocycles. The van der Waals surface area contributed by atoms with E-state index in [1.165, 1.54) is 11.5 Å². The van der Waals surface area contributed by atoms with Gasteiger partial charge in [0.1, 0.15) is 0 Å². The normalized spacial score (nSPS) is 9.62. The van der Waals surface area contributed by atoms with Crippen molar-refractivity contribution in [1.29, 1.82) is 0 Å². The highest BCUT2D eigenvalue weighted by Crippen LogP contribution is 2.05. The molecule has 1 aromatic heterocycles. The van der Waals surface area contributed by atoms with E-state index in [2.05, 4.69) is 15.8 Å². The number of hydrogen-bond donors (Lipinski definition) is 0. The third-order valence-electron chi connectivity index (χ3n) is 0.697. The second-order valence-electron chi connectivity index (χ2n) is 1.33. The van der Waals surface area contributed by atoms with Gasteiger partial charge in [0.15, 0.2) is 0 Å². The minimum Gasteiger partial charge on any atom is -0.159 e. The highest BCUT2D eigenvalue weighted by Gasteiger charge is 1.90. The van der Waals surface area contributed by atoms with E-state index in [4.69, 9.17) is 0 Å². The molecule has 1 aromatic rings. The van der Waals surface area contributed by atoms with Crippen LogP contribution in [0.25, 0.3) is 0 Å². The summed E-state index contributed by atoms with van der Waals surface area (Å²) in [5, 5.41) is 5.82. The van der Waals surface area contributed by atoms with Gasteiger partial charge < -0.3 is 0 Å². The zero-order valence-corrected chi connectivity index (χ0v) is 6.13. The van der Waals surface area contributed by atoms with Crippen LogP contribution in [0.3, 0.4) is 0 Å². The van der Waals surface area contributed by atoms with Crippen molar-refractivity contribution < 1.29 is 0 Å². The maximum Gasteiger partial charge on any atom is 0.0854 e. The highest BCUT2D eigenvalue weighted by molar-refractivity contribution is 7.97. The van der Waals surface area contributed by atoms with Gasteiger partial charge >= 0.3 is 0 Å². The van der Waals surface area contributed by atoms with E-state index in [1.807, 2.05) is 5.38 Å². The van der Waals surface area contributed by atoms with Crippen LogP contribution in [0.2, 0.25) is 0 Å². The summed E-state index contributed by atoms with van der Waals surface area (Å²) in [4.78, 5) is 0. The van der Waals surface area contributed by atoms with Crippen LogP contribution in [0.1, 0.15) is 5.69 Å². The first-order chi connectivity index (χ1) is 3.93. The topological polar surface area (TPSA) is 25.8 Å². The monoisotopic (exact) mass is 146 g/mol. The summed E-state index contributed by atoms with van der Waals surface area (Å²) >= 11 is 3.17. The third kappa shape index (κ3) is 1.45. The molecule has 0 saturated heterocycles. The predicted molar refractivity (Wildman–Crippen MR) is 37.1 cm³/mol. The molecule has 44 valence electrons. The molecule has 0 atom stereocenters. The Hall–Kier alpha value is -0.0900. The van der Waals surface area contributed by atoms with Gasteiger partial charge in [0.2, 0.25) is 0 Å². The molecule has 0 aliphatic rings. The fraction of sp³-hybridized carbons (Fsp3) is 0.500. The molecule has 1 rings (SSSR count). The van der Waals surface area contributed by atoms with Crippen molar-refractivity contribution in [1.82, 2.24) is 9.59 Å². The Kier molecular flexibility index (Phi) is 2.29. The summed E-state index contributed by atoms with van der Waals surface area (Å²) in [5.74, 6) is 0.983. The average molecular weight is 146 g/mol. The lowest BCUT2D eigenvalue weighted by molar-refractivity contribution is 1.08. The molecule has 0 saturated carbocycles. The van der Waals surface area contributed by atoms with E-state index < -0.39 is 0 Å². The van der Waals surface area contributed by atoms with Gasteiger partial charge in [-0.2, -0.15) is 11.8 Å². The molecular weight excluding hydrogens is 140 g/mol. The summed E-state index contributed by atoms with van der Waals surface area (Å²) in [7, 11) is 0. The van der Waals surface area contributed by atoms with Crippen LogP contribution in [0.5, 0.6) is 0 Å². The van der Waals surface area contributed by atoms with Gasteiger partial charge in [0.25, 0.3) is 0 Å². The van der Waals surface area contributed by atoms with Crippen LogP contribution in [0.15, 0.2) is 5.38 Å². The van der Waals surface area contributed by atoms with Crippen molar-refractivity contribution in [2.45, 2.75) is 5.75 Å². The summed E-state index contributed by atoms with van der Waals surface area (Å²) in [6, 6.07) is 0. The Morgan fingerprint density at radius 2 is 2.75 bits per heavy atom. The van der Waals surface area contributed by atoms with Gasteiger partial charge in [-0.05, 0) is 17.8 Å². The van der Waals surface area contributed by atoms with E-state index >= 15 is 0 Å². The Balaban J connectivity index is 2.50. The lowest BCUT2D eigenvalue weighted by atomic mass is 10.6. The molecule has 1 heterocycles. The molecule has 0 spiro atoms. The Labute approximate surface area is 56.5 Å². The molecule has 0 N–H and O–H groups in total. The minimum absolute atomic E-state index is 0.983. The molecule has 0 radical (unpaired) electrons. The number of nitrogens with zero attached hydrogens (tertiary/aromatic N) is 2. The second kappa shape index (κ2) is 3.04. The third-order valence-corrected chi connectivity index (χ3v) is 1.84. The largest absolute Gasteiger partial charge is 0.159 e. The zero-order chi connectivity index (χ0) is 5.82. The van der Waals surface area contributed by atoms with Gasteiger partial charge in [0.05, 0.1) is 5.69 Å². The molecule has 0 aliphatic carbocycles. The van der Waals surface area contributed by atoms with Crippen molar-refractivity contribution >= 4 is 23.3 Å². The first kappa shape index (κ1) is 6.04. The van der Waals surface area contributed by atoms with Gasteiger partial charge in [-0.25, -0.2) is 0 Å². The van der Waals surface area contributed by atoms with Crippen molar-refractivity contribution in [2.24, 2.45) is 0 Å². The number of rotatable bonds is 2. The minimum atomic E-state index is 0.983. The first-order valence-corrected chi connectivity index (χ1v) is 4.41. The SMILES string of the molecule is CSCc1csnn1. The number of hydrogen-bond acceptors (Lipinski definition) is 4. The molecular formula is C4H6N2S2. The van der Waals surface area contributed by atoms with Crippen molar-refractivity contribution in [3.8, 4) is 0 Å². The van der Waals surface area contributed by atoms with Crippen molar-refractivity contribution in [2.75, 3.05) is 6.26 Å². The van der Waals surface area contributed by atoms with Crippen LogP contribution in [-0.2, 0) is 5.75 Å². The van der Waals surface area contributed by atoms with Gasteiger partial charge in [-0.3, -0.25) is 0 Å². The maximum absolute atomic E-state index is 3.85. The fourth-order valence-electron chi connectivity index (χ4n) is 0.395. The standard InChI is InChI=1S/C4H6N2S2/c1-7-2-4-3-8-6-5-4/h3H,2H2,1H3. The smallest absolute Gasteiger partial charge is 0.0854 e. The van der Waals surface area contributed by atoms with Gasteiger partial charge in [-0.15, -0.1) is 5.10 Å². The molecule has 8 heavy (non-hydrogen) atoms. The summed E-state index contributed by atoms with van der Waals surface area (Å²) in [6.07, 6.45) is 2.05. The Bertz CT molecular complexity index is 138. The van der Waals surface area contributed by atoms with Crippen LogP contribution in [-0.4, -0.2) is 15.8 Å². The van der Waals surface area contributed by atoms with E-state index in [-0.39, 0.29) is 0 Å². The Morgan fingerprint density at radius 3 is 3.25 bits per heavy atom. The lowest BCUT2D eigenvalue weighted by Gasteiger charge is -1.83. The zero-order valence-electron chi connectivity index (χ0n) is 4.50. The van der Waals surface area contributed by atoms with E-state index in [0.29, 0.717) is 0 Å². The predicted octanol–water partition coefficient (Wildman–Crippen LogP) is 1.40. The van der Waals surface area contributed by atoms with E-state index in [1.54, 1.807) is 11.8 Å². The fourth-order valence-corrected chi connectivity index (χ4v) is 1.39. The van der Waals surface area contributed by atoms with Crippen LogP contribution in [0, 0.1) is 0 Å². The molecule has 2 nitrogen and oxygen atoms in total. The highest BCUT2D eigenvalue weighted by atomic mass is 32.2. The number of aromatic nitrogens is 2. The molecule has 0 amide bonds. The quantitative estimate of drug-likeness (QED) is 0.630.